The lowest BCUT2D eigenvalue weighted by Gasteiger charge is -2.20. The van der Waals surface area contributed by atoms with Gasteiger partial charge >= 0.3 is 0 Å². The van der Waals surface area contributed by atoms with E-state index in [-0.39, 0.29) is 0 Å². The normalized spacial score (nSPS) is 10.3. The van der Waals surface area contributed by atoms with Crippen molar-refractivity contribution in [1.82, 2.24) is 9.97 Å². The van der Waals surface area contributed by atoms with Crippen LogP contribution in [0.3, 0.4) is 0 Å². The number of hydrogen-bond donors (Lipinski definition) is 1. The molecule has 0 aliphatic carbocycles. The van der Waals surface area contributed by atoms with Crippen LogP contribution in [-0.4, -0.2) is 24.1 Å². The van der Waals surface area contributed by atoms with Crippen molar-refractivity contribution in [1.29, 1.82) is 0 Å². The first-order valence-electron chi connectivity index (χ1n) is 6.38. The Labute approximate surface area is 114 Å². The highest BCUT2D eigenvalue weighted by Crippen LogP contribution is 2.18. The number of hydrogen-bond acceptors (Lipinski definition) is 4. The molecule has 0 radical (unpaired) electrons. The van der Waals surface area contributed by atoms with E-state index in [1.54, 1.807) is 0 Å². The Hall–Kier alpha value is -2.10. The number of aromatic nitrogens is 2. The predicted octanol–water partition coefficient (Wildman–Crippen LogP) is 2.77. The van der Waals surface area contributed by atoms with E-state index in [1.165, 1.54) is 11.1 Å². The first kappa shape index (κ1) is 13.3. The van der Waals surface area contributed by atoms with E-state index in [2.05, 4.69) is 58.4 Å². The maximum absolute atomic E-state index is 4.51. The number of nitrogens with zero attached hydrogens (tertiary/aromatic N) is 3. The molecule has 4 nitrogen and oxygen atoms in total. The molecule has 2 aromatic rings. The average molecular weight is 256 g/mol. The molecule has 1 aromatic carbocycles. The molecule has 0 unspecified atom stereocenters. The van der Waals surface area contributed by atoms with E-state index < -0.39 is 0 Å². The second-order valence-corrected chi connectivity index (χ2v) is 4.79. The van der Waals surface area contributed by atoms with Crippen molar-refractivity contribution in [3.8, 4) is 0 Å². The minimum atomic E-state index is 0.649. The SMILES string of the molecule is CNc1ncc(C)c(N(C)Cc2ccc(C)cc2)n1. The summed E-state index contributed by atoms with van der Waals surface area (Å²) in [5, 5.41) is 2.97. The number of anilines is 2. The number of aryl methyl sites for hydroxylation is 2. The molecule has 1 N–H and O–H groups in total. The van der Waals surface area contributed by atoms with Crippen molar-refractivity contribution in [2.24, 2.45) is 0 Å². The molecule has 0 atom stereocenters. The summed E-state index contributed by atoms with van der Waals surface area (Å²) in [6.07, 6.45) is 1.85. The van der Waals surface area contributed by atoms with Crippen LogP contribution in [0.5, 0.6) is 0 Å². The van der Waals surface area contributed by atoms with Crippen molar-refractivity contribution in [3.05, 3.63) is 47.2 Å². The highest BCUT2D eigenvalue weighted by molar-refractivity contribution is 5.48. The molecule has 19 heavy (non-hydrogen) atoms. The van der Waals surface area contributed by atoms with Crippen LogP contribution in [0.2, 0.25) is 0 Å². The summed E-state index contributed by atoms with van der Waals surface area (Å²) >= 11 is 0. The smallest absolute Gasteiger partial charge is 0.224 e. The van der Waals surface area contributed by atoms with E-state index in [0.29, 0.717) is 5.95 Å². The average Bonchev–Trinajstić information content (AvgIpc) is 2.42. The molecule has 4 heteroatoms. The molecule has 0 aliphatic heterocycles. The lowest BCUT2D eigenvalue weighted by Crippen LogP contribution is -2.19. The molecule has 0 aliphatic rings. The van der Waals surface area contributed by atoms with Crippen LogP contribution in [0.4, 0.5) is 11.8 Å². The Kier molecular flexibility index (Phi) is 4.00. The number of benzene rings is 1. The largest absolute Gasteiger partial charge is 0.357 e. The van der Waals surface area contributed by atoms with Crippen molar-refractivity contribution in [3.63, 3.8) is 0 Å². The lowest BCUT2D eigenvalue weighted by molar-refractivity contribution is 0.883. The summed E-state index contributed by atoms with van der Waals surface area (Å²) in [5.41, 5.74) is 3.63. The van der Waals surface area contributed by atoms with Crippen LogP contribution in [0, 0.1) is 13.8 Å². The molecule has 0 spiro atoms. The quantitative estimate of drug-likeness (QED) is 0.913. The van der Waals surface area contributed by atoms with Gasteiger partial charge in [-0.1, -0.05) is 29.8 Å². The van der Waals surface area contributed by atoms with Gasteiger partial charge in [-0.25, -0.2) is 4.98 Å². The fourth-order valence-corrected chi connectivity index (χ4v) is 1.98. The Bertz CT molecular complexity index is 549. The maximum Gasteiger partial charge on any atom is 0.224 e. The fourth-order valence-electron chi connectivity index (χ4n) is 1.98. The summed E-state index contributed by atoms with van der Waals surface area (Å²) in [6.45, 7) is 4.96. The molecule has 0 saturated heterocycles. The zero-order valence-electron chi connectivity index (χ0n) is 11.9. The monoisotopic (exact) mass is 256 g/mol. The summed E-state index contributed by atoms with van der Waals surface area (Å²) in [7, 11) is 3.88. The van der Waals surface area contributed by atoms with Gasteiger partial charge in [-0.2, -0.15) is 4.98 Å². The molecule has 0 bridgehead atoms. The molecular weight excluding hydrogens is 236 g/mol. The molecule has 0 amide bonds. The summed E-state index contributed by atoms with van der Waals surface area (Å²) in [5.74, 6) is 1.61. The van der Waals surface area contributed by atoms with E-state index >= 15 is 0 Å². The third kappa shape index (κ3) is 3.22. The van der Waals surface area contributed by atoms with Gasteiger partial charge in [-0.05, 0) is 19.4 Å². The first-order chi connectivity index (χ1) is 9.10. The van der Waals surface area contributed by atoms with Crippen LogP contribution in [-0.2, 0) is 6.54 Å². The Morgan fingerprint density at radius 2 is 1.84 bits per heavy atom. The topological polar surface area (TPSA) is 41.1 Å². The van der Waals surface area contributed by atoms with E-state index in [4.69, 9.17) is 0 Å². The van der Waals surface area contributed by atoms with Gasteiger partial charge in [0.1, 0.15) is 5.82 Å². The second-order valence-electron chi connectivity index (χ2n) is 4.79. The molecular formula is C15H20N4. The third-order valence-electron chi connectivity index (χ3n) is 3.07. The first-order valence-corrected chi connectivity index (χ1v) is 6.38. The van der Waals surface area contributed by atoms with Crippen LogP contribution in [0.1, 0.15) is 16.7 Å². The highest BCUT2D eigenvalue weighted by atomic mass is 15.2. The van der Waals surface area contributed by atoms with E-state index in [1.807, 2.05) is 20.2 Å². The minimum absolute atomic E-state index is 0.649. The Morgan fingerprint density at radius 1 is 1.16 bits per heavy atom. The molecule has 1 heterocycles. The van der Waals surface area contributed by atoms with Gasteiger partial charge in [0.2, 0.25) is 5.95 Å². The summed E-state index contributed by atoms with van der Waals surface area (Å²) in [6, 6.07) is 8.58. The van der Waals surface area contributed by atoms with Gasteiger partial charge in [-0.15, -0.1) is 0 Å². The predicted molar refractivity (Wildman–Crippen MR) is 79.6 cm³/mol. The van der Waals surface area contributed by atoms with Gasteiger partial charge < -0.3 is 10.2 Å². The van der Waals surface area contributed by atoms with Gasteiger partial charge in [0.15, 0.2) is 0 Å². The van der Waals surface area contributed by atoms with Crippen LogP contribution in [0.15, 0.2) is 30.5 Å². The van der Waals surface area contributed by atoms with Gasteiger partial charge in [-0.3, -0.25) is 0 Å². The number of nitrogens with one attached hydrogen (secondary N) is 1. The van der Waals surface area contributed by atoms with E-state index in [9.17, 15) is 0 Å². The summed E-state index contributed by atoms with van der Waals surface area (Å²) in [4.78, 5) is 10.9. The summed E-state index contributed by atoms with van der Waals surface area (Å²) < 4.78 is 0. The lowest BCUT2D eigenvalue weighted by atomic mass is 10.1. The zero-order valence-corrected chi connectivity index (χ0v) is 11.9. The van der Waals surface area contributed by atoms with Crippen molar-refractivity contribution in [2.75, 3.05) is 24.3 Å². The molecule has 1 aromatic heterocycles. The number of rotatable bonds is 4. The fraction of sp³-hybridized carbons (Fsp3) is 0.333. The molecule has 0 saturated carbocycles. The van der Waals surface area contributed by atoms with Gasteiger partial charge in [0.25, 0.3) is 0 Å². The molecule has 2 rings (SSSR count). The van der Waals surface area contributed by atoms with Crippen LogP contribution in [0.25, 0.3) is 0 Å². The third-order valence-corrected chi connectivity index (χ3v) is 3.07. The van der Waals surface area contributed by atoms with Crippen molar-refractivity contribution >= 4 is 11.8 Å². The van der Waals surface area contributed by atoms with Gasteiger partial charge in [0.05, 0.1) is 0 Å². The van der Waals surface area contributed by atoms with Crippen LogP contribution >= 0.6 is 0 Å². The highest BCUT2D eigenvalue weighted by Gasteiger charge is 2.08. The van der Waals surface area contributed by atoms with Crippen LogP contribution < -0.4 is 10.2 Å². The maximum atomic E-state index is 4.51. The van der Waals surface area contributed by atoms with Gasteiger partial charge in [0, 0.05) is 32.4 Å². The van der Waals surface area contributed by atoms with E-state index in [0.717, 1.165) is 17.9 Å². The zero-order chi connectivity index (χ0) is 13.8. The second kappa shape index (κ2) is 5.69. The standard InChI is InChI=1S/C15H20N4/c1-11-5-7-13(8-6-11)10-19(4)14-12(2)9-17-15(16-3)18-14/h5-9H,10H2,1-4H3,(H,16,17,18). The molecule has 100 valence electrons. The Morgan fingerprint density at radius 3 is 2.47 bits per heavy atom. The molecule has 0 fully saturated rings. The van der Waals surface area contributed by atoms with Crippen molar-refractivity contribution in [2.45, 2.75) is 20.4 Å². The minimum Gasteiger partial charge on any atom is -0.357 e. The Balaban J connectivity index is 2.19. The van der Waals surface area contributed by atoms with Crippen molar-refractivity contribution < 1.29 is 0 Å².